The summed E-state index contributed by atoms with van der Waals surface area (Å²) >= 11 is 0. The highest BCUT2D eigenvalue weighted by Gasteiger charge is 2.34. The van der Waals surface area contributed by atoms with Gasteiger partial charge in [0.15, 0.2) is 0 Å². The van der Waals surface area contributed by atoms with E-state index in [1.54, 1.807) is 0 Å². The summed E-state index contributed by atoms with van der Waals surface area (Å²) < 4.78 is 5.88. The number of carbonyl (C=O) groups is 1. The van der Waals surface area contributed by atoms with E-state index in [1.807, 2.05) is 57.7 Å². The second-order valence-corrected chi connectivity index (χ2v) is 6.45. The molecule has 21 heavy (non-hydrogen) atoms. The highest BCUT2D eigenvalue weighted by atomic mass is 16.5. The van der Waals surface area contributed by atoms with Gasteiger partial charge in [-0.1, -0.05) is 11.6 Å². The Hall–Kier alpha value is -1.55. The fraction of sp³-hybridized carbons (Fsp3) is 0.588. The Morgan fingerprint density at radius 3 is 2.81 bits per heavy atom. The van der Waals surface area contributed by atoms with Crippen LogP contribution in [0.5, 0.6) is 0 Å². The SMILES string of the molecule is CCNc1ccc(C)cc1C(=O)N1CC(C)OC(C)(C)C1. The average Bonchev–Trinajstić information content (AvgIpc) is 2.38. The van der Waals surface area contributed by atoms with Crippen molar-refractivity contribution in [3.05, 3.63) is 29.3 Å². The van der Waals surface area contributed by atoms with E-state index in [0.29, 0.717) is 13.1 Å². The predicted octanol–water partition coefficient (Wildman–Crippen LogP) is 3.07. The largest absolute Gasteiger partial charge is 0.385 e. The molecule has 0 bridgehead atoms. The number of hydrogen-bond donors (Lipinski definition) is 1. The molecule has 116 valence electrons. The topological polar surface area (TPSA) is 41.6 Å². The number of hydrogen-bond acceptors (Lipinski definition) is 3. The average molecular weight is 290 g/mol. The molecule has 4 heteroatoms. The van der Waals surface area contributed by atoms with Gasteiger partial charge in [-0.25, -0.2) is 0 Å². The third-order valence-corrected chi connectivity index (χ3v) is 3.63. The summed E-state index contributed by atoms with van der Waals surface area (Å²) in [5, 5.41) is 3.28. The third kappa shape index (κ3) is 3.76. The number of aryl methyl sites for hydroxylation is 1. The van der Waals surface area contributed by atoms with E-state index in [9.17, 15) is 4.79 Å². The van der Waals surface area contributed by atoms with Gasteiger partial charge in [-0.05, 0) is 46.8 Å². The van der Waals surface area contributed by atoms with Gasteiger partial charge in [-0.3, -0.25) is 4.79 Å². The van der Waals surface area contributed by atoms with Gasteiger partial charge in [0.25, 0.3) is 5.91 Å². The zero-order chi connectivity index (χ0) is 15.6. The molecule has 1 aromatic rings. The number of nitrogens with zero attached hydrogens (tertiary/aromatic N) is 1. The van der Waals surface area contributed by atoms with Crippen LogP contribution in [0.4, 0.5) is 5.69 Å². The van der Waals surface area contributed by atoms with Gasteiger partial charge in [0.2, 0.25) is 0 Å². The summed E-state index contributed by atoms with van der Waals surface area (Å²) in [6, 6.07) is 5.98. The van der Waals surface area contributed by atoms with Crippen molar-refractivity contribution in [3.63, 3.8) is 0 Å². The lowest BCUT2D eigenvalue weighted by molar-refractivity contribution is -0.118. The molecular formula is C17H26N2O2. The number of rotatable bonds is 3. The van der Waals surface area contributed by atoms with E-state index in [0.717, 1.165) is 23.4 Å². The van der Waals surface area contributed by atoms with Crippen LogP contribution in [-0.2, 0) is 4.74 Å². The zero-order valence-electron chi connectivity index (χ0n) is 13.7. The number of amides is 1. The molecule has 0 saturated carbocycles. The highest BCUT2D eigenvalue weighted by molar-refractivity contribution is 6.00. The van der Waals surface area contributed by atoms with E-state index >= 15 is 0 Å². The lowest BCUT2D eigenvalue weighted by Crippen LogP contribution is -2.53. The third-order valence-electron chi connectivity index (χ3n) is 3.63. The van der Waals surface area contributed by atoms with Crippen molar-refractivity contribution in [3.8, 4) is 0 Å². The van der Waals surface area contributed by atoms with Gasteiger partial charge in [0, 0.05) is 25.3 Å². The molecule has 1 aliphatic heterocycles. The monoisotopic (exact) mass is 290 g/mol. The Kier molecular flexibility index (Phi) is 4.57. The second-order valence-electron chi connectivity index (χ2n) is 6.45. The van der Waals surface area contributed by atoms with Gasteiger partial charge in [0.1, 0.15) is 0 Å². The van der Waals surface area contributed by atoms with Crippen LogP contribution in [0.2, 0.25) is 0 Å². The molecular weight excluding hydrogens is 264 g/mol. The van der Waals surface area contributed by atoms with E-state index in [1.165, 1.54) is 0 Å². The molecule has 0 aromatic heterocycles. The summed E-state index contributed by atoms with van der Waals surface area (Å²) in [5.41, 5.74) is 2.46. The molecule has 1 saturated heterocycles. The fourth-order valence-electron chi connectivity index (χ4n) is 2.96. The Morgan fingerprint density at radius 1 is 1.48 bits per heavy atom. The van der Waals surface area contributed by atoms with Crippen LogP contribution in [0.15, 0.2) is 18.2 Å². The van der Waals surface area contributed by atoms with Crippen LogP contribution in [0.25, 0.3) is 0 Å². The number of ether oxygens (including phenoxy) is 1. The molecule has 1 unspecified atom stereocenters. The lowest BCUT2D eigenvalue weighted by Gasteiger charge is -2.42. The molecule has 0 radical (unpaired) electrons. The molecule has 4 nitrogen and oxygen atoms in total. The number of carbonyl (C=O) groups excluding carboxylic acids is 1. The normalized spacial score (nSPS) is 21.2. The minimum atomic E-state index is -0.296. The van der Waals surface area contributed by atoms with Gasteiger partial charge in [-0.15, -0.1) is 0 Å². The first-order chi connectivity index (χ1) is 9.82. The molecule has 0 aliphatic carbocycles. The molecule has 1 fully saturated rings. The van der Waals surface area contributed by atoms with E-state index in [2.05, 4.69) is 5.32 Å². The van der Waals surface area contributed by atoms with Gasteiger partial charge in [-0.2, -0.15) is 0 Å². The number of benzene rings is 1. The Labute approximate surface area is 127 Å². The summed E-state index contributed by atoms with van der Waals surface area (Å²) in [6.07, 6.45) is 0.0603. The first kappa shape index (κ1) is 15.8. The van der Waals surface area contributed by atoms with Crippen molar-refractivity contribution < 1.29 is 9.53 Å². The zero-order valence-corrected chi connectivity index (χ0v) is 13.7. The van der Waals surface area contributed by atoms with E-state index in [4.69, 9.17) is 4.74 Å². The standard InChI is InChI=1S/C17H26N2O2/c1-6-18-15-8-7-12(2)9-14(15)16(20)19-10-13(3)21-17(4,5)11-19/h7-9,13,18H,6,10-11H2,1-5H3. The Morgan fingerprint density at radius 2 is 2.19 bits per heavy atom. The van der Waals surface area contributed by atoms with Crippen LogP contribution in [0.1, 0.15) is 43.6 Å². The minimum Gasteiger partial charge on any atom is -0.385 e. The first-order valence-electron chi connectivity index (χ1n) is 7.64. The molecule has 2 rings (SSSR count). The van der Waals surface area contributed by atoms with Crippen molar-refractivity contribution in [2.24, 2.45) is 0 Å². The Bertz CT molecular complexity index is 526. The van der Waals surface area contributed by atoms with E-state index in [-0.39, 0.29) is 17.6 Å². The first-order valence-corrected chi connectivity index (χ1v) is 7.64. The molecule has 1 amide bonds. The van der Waals surface area contributed by atoms with E-state index < -0.39 is 0 Å². The number of anilines is 1. The maximum Gasteiger partial charge on any atom is 0.256 e. The van der Waals surface area contributed by atoms with Crippen LogP contribution in [-0.4, -0.2) is 42.1 Å². The maximum absolute atomic E-state index is 12.9. The molecule has 1 heterocycles. The van der Waals surface area contributed by atoms with Crippen LogP contribution >= 0.6 is 0 Å². The molecule has 1 aliphatic rings. The number of nitrogens with one attached hydrogen (secondary N) is 1. The molecule has 1 N–H and O–H groups in total. The maximum atomic E-state index is 12.9. The molecule has 1 aromatic carbocycles. The van der Waals surface area contributed by atoms with Gasteiger partial charge >= 0.3 is 0 Å². The van der Waals surface area contributed by atoms with Crippen LogP contribution in [0.3, 0.4) is 0 Å². The van der Waals surface area contributed by atoms with Crippen LogP contribution in [0, 0.1) is 6.92 Å². The molecule has 0 spiro atoms. The van der Waals surface area contributed by atoms with Crippen molar-refractivity contribution in [1.29, 1.82) is 0 Å². The number of morpholine rings is 1. The predicted molar refractivity (Wildman–Crippen MR) is 85.9 cm³/mol. The summed E-state index contributed by atoms with van der Waals surface area (Å²) in [5.74, 6) is 0.0814. The fourth-order valence-corrected chi connectivity index (χ4v) is 2.96. The molecule has 1 atom stereocenters. The van der Waals surface area contributed by atoms with Crippen molar-refractivity contribution >= 4 is 11.6 Å². The van der Waals surface area contributed by atoms with Gasteiger partial charge in [0.05, 0.1) is 17.3 Å². The summed E-state index contributed by atoms with van der Waals surface area (Å²) in [4.78, 5) is 14.8. The van der Waals surface area contributed by atoms with Crippen molar-refractivity contribution in [1.82, 2.24) is 4.90 Å². The Balaban J connectivity index is 2.29. The summed E-state index contributed by atoms with van der Waals surface area (Å²) in [6.45, 7) is 12.2. The minimum absolute atomic E-state index is 0.0603. The van der Waals surface area contributed by atoms with Crippen molar-refractivity contribution in [2.75, 3.05) is 25.0 Å². The lowest BCUT2D eigenvalue weighted by atomic mass is 10.0. The van der Waals surface area contributed by atoms with Gasteiger partial charge < -0.3 is 15.0 Å². The second kappa shape index (κ2) is 6.06. The highest BCUT2D eigenvalue weighted by Crippen LogP contribution is 2.25. The quantitative estimate of drug-likeness (QED) is 0.930. The van der Waals surface area contributed by atoms with Crippen molar-refractivity contribution in [2.45, 2.75) is 46.3 Å². The smallest absolute Gasteiger partial charge is 0.256 e. The van der Waals surface area contributed by atoms with Crippen LogP contribution < -0.4 is 5.32 Å². The summed E-state index contributed by atoms with van der Waals surface area (Å²) in [7, 11) is 0.